The maximum Gasteiger partial charge on any atom is 0.256 e. The smallest absolute Gasteiger partial charge is 0.256 e. The summed E-state index contributed by atoms with van der Waals surface area (Å²) in [7, 11) is 0. The Labute approximate surface area is 154 Å². The van der Waals surface area contributed by atoms with E-state index in [9.17, 15) is 13.6 Å². The van der Waals surface area contributed by atoms with E-state index in [0.717, 1.165) is 12.1 Å². The average molecular weight is 385 g/mol. The van der Waals surface area contributed by atoms with Gasteiger partial charge in [0.1, 0.15) is 29.9 Å². The van der Waals surface area contributed by atoms with Crippen molar-refractivity contribution in [2.24, 2.45) is 0 Å². The standard InChI is InChI=1S/C18H21F2NO6/c1-17(2)24-11-12(25-17)14-16(27-18(3,4)26-14)23-13(11)15(22)21-10-6-5-8(19)7-9(10)20/h5-7,11-14,16H,1-4H3,(H,21,22)/t11-,12+,13+,14-,16-/m1/s1. The van der Waals surface area contributed by atoms with Gasteiger partial charge in [-0.3, -0.25) is 4.79 Å². The first kappa shape index (κ1) is 18.7. The van der Waals surface area contributed by atoms with E-state index in [4.69, 9.17) is 23.7 Å². The Hall–Kier alpha value is -1.65. The molecule has 0 radical (unpaired) electrons. The minimum absolute atomic E-state index is 0.161. The van der Waals surface area contributed by atoms with E-state index in [1.807, 2.05) is 0 Å². The number of hydrogen-bond donors (Lipinski definition) is 1. The van der Waals surface area contributed by atoms with E-state index in [0.29, 0.717) is 6.07 Å². The van der Waals surface area contributed by atoms with E-state index >= 15 is 0 Å². The molecule has 5 atom stereocenters. The first-order valence-corrected chi connectivity index (χ1v) is 8.67. The molecule has 1 N–H and O–H groups in total. The highest BCUT2D eigenvalue weighted by Gasteiger charge is 2.62. The number of rotatable bonds is 2. The highest BCUT2D eigenvalue weighted by Crippen LogP contribution is 2.44. The van der Waals surface area contributed by atoms with Crippen molar-refractivity contribution in [3.63, 3.8) is 0 Å². The van der Waals surface area contributed by atoms with Crippen LogP contribution in [0.25, 0.3) is 0 Å². The molecule has 1 aromatic carbocycles. The summed E-state index contributed by atoms with van der Waals surface area (Å²) in [6.07, 6.45) is -3.91. The van der Waals surface area contributed by atoms with E-state index < -0.39 is 59.8 Å². The SMILES string of the molecule is CC1(C)O[C@H]2[C@@H](O1)[C@@H](C(=O)Nc1ccc(F)cc1F)O[C@@H]1OC(C)(C)O[C@@H]12. The molecule has 0 unspecified atom stereocenters. The first-order valence-electron chi connectivity index (χ1n) is 8.67. The molecule has 0 bridgehead atoms. The molecule has 3 aliphatic rings. The molecule has 3 heterocycles. The van der Waals surface area contributed by atoms with E-state index in [2.05, 4.69) is 5.32 Å². The summed E-state index contributed by atoms with van der Waals surface area (Å²) < 4.78 is 56.1. The van der Waals surface area contributed by atoms with Crippen LogP contribution in [0.15, 0.2) is 18.2 Å². The van der Waals surface area contributed by atoms with Crippen LogP contribution in [0.4, 0.5) is 14.5 Å². The van der Waals surface area contributed by atoms with Gasteiger partial charge in [-0.2, -0.15) is 0 Å². The number of carbonyl (C=O) groups excluding carboxylic acids is 1. The van der Waals surface area contributed by atoms with Gasteiger partial charge in [-0.25, -0.2) is 8.78 Å². The second kappa shape index (κ2) is 6.18. The van der Waals surface area contributed by atoms with Crippen molar-refractivity contribution in [3.8, 4) is 0 Å². The van der Waals surface area contributed by atoms with Crippen molar-refractivity contribution in [1.29, 1.82) is 0 Å². The lowest BCUT2D eigenvalue weighted by Crippen LogP contribution is -2.58. The Balaban J connectivity index is 1.59. The quantitative estimate of drug-likeness (QED) is 0.842. The Kier molecular flexibility index (Phi) is 4.28. The molecule has 0 spiro atoms. The molecule has 148 valence electrons. The summed E-state index contributed by atoms with van der Waals surface area (Å²) in [4.78, 5) is 12.8. The molecule has 1 amide bonds. The number of halogens is 2. The van der Waals surface area contributed by atoms with Crippen molar-refractivity contribution >= 4 is 11.6 Å². The Morgan fingerprint density at radius 2 is 1.59 bits per heavy atom. The van der Waals surface area contributed by atoms with Crippen LogP contribution in [-0.2, 0) is 28.5 Å². The largest absolute Gasteiger partial charge is 0.342 e. The highest BCUT2D eigenvalue weighted by atomic mass is 19.1. The molecule has 3 saturated heterocycles. The summed E-state index contributed by atoms with van der Waals surface area (Å²) >= 11 is 0. The summed E-state index contributed by atoms with van der Waals surface area (Å²) in [6, 6.07) is 2.87. The highest BCUT2D eigenvalue weighted by molar-refractivity contribution is 5.95. The van der Waals surface area contributed by atoms with Crippen LogP contribution in [0, 0.1) is 11.6 Å². The summed E-state index contributed by atoms with van der Waals surface area (Å²) in [6.45, 7) is 6.90. The summed E-state index contributed by atoms with van der Waals surface area (Å²) in [5.74, 6) is -4.15. The van der Waals surface area contributed by atoms with Crippen LogP contribution in [0.1, 0.15) is 27.7 Å². The van der Waals surface area contributed by atoms with Gasteiger partial charge in [0.25, 0.3) is 5.91 Å². The molecule has 0 saturated carbocycles. The van der Waals surface area contributed by atoms with Crippen molar-refractivity contribution in [2.75, 3.05) is 5.32 Å². The number of ether oxygens (including phenoxy) is 5. The molecule has 3 fully saturated rings. The van der Waals surface area contributed by atoms with Gasteiger partial charge in [-0.1, -0.05) is 0 Å². The molecular formula is C18H21F2NO6. The summed E-state index contributed by atoms with van der Waals surface area (Å²) in [5, 5.41) is 2.41. The maximum atomic E-state index is 13.9. The number of anilines is 1. The van der Waals surface area contributed by atoms with Gasteiger partial charge in [0, 0.05) is 6.07 Å². The average Bonchev–Trinajstić information content (AvgIpc) is 3.03. The minimum atomic E-state index is -1.13. The topological polar surface area (TPSA) is 75.3 Å². The number of benzene rings is 1. The predicted molar refractivity (Wildman–Crippen MR) is 87.5 cm³/mol. The van der Waals surface area contributed by atoms with E-state index in [1.54, 1.807) is 27.7 Å². The van der Waals surface area contributed by atoms with E-state index in [1.165, 1.54) is 0 Å². The van der Waals surface area contributed by atoms with Gasteiger partial charge in [0.2, 0.25) is 0 Å². The van der Waals surface area contributed by atoms with Crippen molar-refractivity contribution in [3.05, 3.63) is 29.8 Å². The number of nitrogens with one attached hydrogen (secondary N) is 1. The van der Waals surface area contributed by atoms with Gasteiger partial charge in [-0.15, -0.1) is 0 Å². The second-order valence-corrected chi connectivity index (χ2v) is 7.70. The molecule has 7 nitrogen and oxygen atoms in total. The maximum absolute atomic E-state index is 13.9. The molecule has 1 aromatic rings. The second-order valence-electron chi connectivity index (χ2n) is 7.70. The predicted octanol–water partition coefficient (Wildman–Crippen LogP) is 2.30. The van der Waals surface area contributed by atoms with Gasteiger partial charge < -0.3 is 29.0 Å². The Morgan fingerprint density at radius 3 is 2.30 bits per heavy atom. The van der Waals surface area contributed by atoms with Gasteiger partial charge >= 0.3 is 0 Å². The molecule has 0 aliphatic carbocycles. The first-order chi connectivity index (χ1) is 12.5. The van der Waals surface area contributed by atoms with Crippen LogP contribution in [-0.4, -0.2) is 48.2 Å². The fourth-order valence-electron chi connectivity index (χ4n) is 3.62. The molecule has 9 heteroatoms. The zero-order valence-electron chi connectivity index (χ0n) is 15.3. The van der Waals surface area contributed by atoms with Crippen LogP contribution in [0.5, 0.6) is 0 Å². The lowest BCUT2D eigenvalue weighted by atomic mass is 9.98. The Morgan fingerprint density at radius 1 is 0.963 bits per heavy atom. The van der Waals surface area contributed by atoms with Crippen LogP contribution in [0.3, 0.4) is 0 Å². The molecular weight excluding hydrogens is 364 g/mol. The minimum Gasteiger partial charge on any atom is -0.342 e. The Bertz CT molecular complexity index is 770. The van der Waals surface area contributed by atoms with Crippen LogP contribution in [0.2, 0.25) is 0 Å². The monoisotopic (exact) mass is 385 g/mol. The fourth-order valence-corrected chi connectivity index (χ4v) is 3.62. The normalized spacial score (nSPS) is 36.1. The number of fused-ring (bicyclic) bond motifs is 3. The van der Waals surface area contributed by atoms with Crippen LogP contribution < -0.4 is 5.32 Å². The van der Waals surface area contributed by atoms with Crippen molar-refractivity contribution in [2.45, 2.75) is 70.0 Å². The molecule has 27 heavy (non-hydrogen) atoms. The van der Waals surface area contributed by atoms with Gasteiger partial charge in [-0.05, 0) is 39.8 Å². The summed E-state index contributed by atoms with van der Waals surface area (Å²) in [5.41, 5.74) is -0.161. The molecule has 3 aliphatic heterocycles. The third kappa shape index (κ3) is 3.45. The number of hydrogen-bond acceptors (Lipinski definition) is 6. The third-order valence-electron chi connectivity index (χ3n) is 4.60. The number of amides is 1. The van der Waals surface area contributed by atoms with Crippen molar-refractivity contribution in [1.82, 2.24) is 0 Å². The lowest BCUT2D eigenvalue weighted by Gasteiger charge is -2.36. The van der Waals surface area contributed by atoms with Crippen molar-refractivity contribution < 1.29 is 37.3 Å². The number of carbonyl (C=O) groups is 1. The molecule has 0 aromatic heterocycles. The van der Waals surface area contributed by atoms with E-state index in [-0.39, 0.29) is 5.69 Å². The zero-order valence-corrected chi connectivity index (χ0v) is 15.3. The van der Waals surface area contributed by atoms with Gasteiger partial charge in [0.05, 0.1) is 5.69 Å². The fraction of sp³-hybridized carbons (Fsp3) is 0.611. The molecule has 4 rings (SSSR count). The zero-order chi connectivity index (χ0) is 19.6. The van der Waals surface area contributed by atoms with Crippen LogP contribution >= 0.6 is 0 Å². The lowest BCUT2D eigenvalue weighted by molar-refractivity contribution is -0.229. The van der Waals surface area contributed by atoms with Gasteiger partial charge in [0.15, 0.2) is 24.0 Å². The third-order valence-corrected chi connectivity index (χ3v) is 4.60.